The van der Waals surface area contributed by atoms with Crippen molar-refractivity contribution in [3.8, 4) is 0 Å². The summed E-state index contributed by atoms with van der Waals surface area (Å²) in [5.41, 5.74) is 2.33. The molecule has 0 radical (unpaired) electrons. The van der Waals surface area contributed by atoms with Crippen molar-refractivity contribution in [3.63, 3.8) is 0 Å². The Morgan fingerprint density at radius 2 is 1.81 bits per heavy atom. The topological polar surface area (TPSA) is 56.8 Å². The molecule has 27 heavy (non-hydrogen) atoms. The number of aromatic nitrogens is 1. The largest absolute Gasteiger partial charge is 0.338 e. The van der Waals surface area contributed by atoms with Gasteiger partial charge in [-0.05, 0) is 50.7 Å². The van der Waals surface area contributed by atoms with Gasteiger partial charge in [-0.15, -0.1) is 0 Å². The number of hydrogen-bond acceptors (Lipinski definition) is 4. The maximum absolute atomic E-state index is 13.1. The molecule has 1 aromatic heterocycles. The van der Waals surface area contributed by atoms with E-state index >= 15 is 0 Å². The fraction of sp³-hybridized carbons (Fsp3) is 0.667. The quantitative estimate of drug-likeness (QED) is 0.811. The molecule has 0 bridgehead atoms. The molecule has 4 rings (SSSR count). The molecule has 1 aromatic rings. The van der Waals surface area contributed by atoms with Gasteiger partial charge >= 0.3 is 0 Å². The van der Waals surface area contributed by atoms with Gasteiger partial charge in [-0.3, -0.25) is 19.5 Å². The van der Waals surface area contributed by atoms with E-state index in [9.17, 15) is 9.59 Å². The Bertz CT molecular complexity index is 695. The third kappa shape index (κ3) is 4.15. The van der Waals surface area contributed by atoms with Crippen LogP contribution in [0.1, 0.15) is 43.4 Å². The highest BCUT2D eigenvalue weighted by molar-refractivity contribution is 5.89. The van der Waals surface area contributed by atoms with Crippen molar-refractivity contribution < 1.29 is 9.59 Å². The molecular formula is C21H30N4O2. The minimum atomic E-state index is -0.226. The Labute approximate surface area is 161 Å². The monoisotopic (exact) mass is 370 g/mol. The average Bonchev–Trinajstić information content (AvgIpc) is 3.55. The summed E-state index contributed by atoms with van der Waals surface area (Å²) in [5.74, 6) is 0.575. The molecule has 146 valence electrons. The highest BCUT2D eigenvalue weighted by Crippen LogP contribution is 2.33. The number of pyridine rings is 1. The van der Waals surface area contributed by atoms with Crippen molar-refractivity contribution in [2.75, 3.05) is 32.7 Å². The van der Waals surface area contributed by atoms with E-state index in [0.717, 1.165) is 77.1 Å². The fourth-order valence-electron chi connectivity index (χ4n) is 4.25. The number of amides is 2. The van der Waals surface area contributed by atoms with Gasteiger partial charge in [0.15, 0.2) is 0 Å². The number of carbonyl (C=O) groups excluding carboxylic acids is 2. The Balaban J connectivity index is 1.33. The third-order valence-electron chi connectivity index (χ3n) is 6.17. The van der Waals surface area contributed by atoms with E-state index in [1.165, 1.54) is 5.56 Å². The van der Waals surface area contributed by atoms with E-state index in [-0.39, 0.29) is 23.8 Å². The standard InChI is InChI=1S/C21H30N4O2/c1-16-5-4-9-22-18(16)15-23-11-13-24(14-12-23)21(27)19-6-2-3-10-25(19)20(26)17-7-8-17/h4-5,9,17,19H,2-3,6-8,10-15H2,1H3/t19-/m1/s1. The first-order chi connectivity index (χ1) is 13.1. The summed E-state index contributed by atoms with van der Waals surface area (Å²) in [6.07, 6.45) is 6.74. The third-order valence-corrected chi connectivity index (χ3v) is 6.17. The summed E-state index contributed by atoms with van der Waals surface area (Å²) in [7, 11) is 0. The second-order valence-corrected chi connectivity index (χ2v) is 8.19. The van der Waals surface area contributed by atoms with Gasteiger partial charge in [-0.1, -0.05) is 6.07 Å². The SMILES string of the molecule is Cc1cccnc1CN1CCN(C(=O)[C@H]2CCCCN2C(=O)C2CC2)CC1. The number of hydrogen-bond donors (Lipinski definition) is 0. The van der Waals surface area contributed by atoms with Crippen LogP contribution in [0, 0.1) is 12.8 Å². The van der Waals surface area contributed by atoms with Gasteiger partial charge in [0.05, 0.1) is 5.69 Å². The number of rotatable bonds is 4. The van der Waals surface area contributed by atoms with Crippen LogP contribution < -0.4 is 0 Å². The molecule has 6 nitrogen and oxygen atoms in total. The Morgan fingerprint density at radius 1 is 1.04 bits per heavy atom. The second-order valence-electron chi connectivity index (χ2n) is 8.19. The van der Waals surface area contributed by atoms with Gasteiger partial charge in [-0.2, -0.15) is 0 Å². The molecule has 3 heterocycles. The van der Waals surface area contributed by atoms with Gasteiger partial charge in [0, 0.05) is 51.4 Å². The summed E-state index contributed by atoms with van der Waals surface area (Å²) in [6, 6.07) is 3.83. The first-order valence-electron chi connectivity index (χ1n) is 10.4. The van der Waals surface area contributed by atoms with Crippen molar-refractivity contribution in [1.82, 2.24) is 19.7 Å². The number of piperazine rings is 1. The van der Waals surface area contributed by atoms with Crippen LogP contribution in [0.15, 0.2) is 18.3 Å². The lowest BCUT2D eigenvalue weighted by Crippen LogP contribution is -2.57. The zero-order chi connectivity index (χ0) is 18.8. The summed E-state index contributed by atoms with van der Waals surface area (Å²) < 4.78 is 0. The van der Waals surface area contributed by atoms with Crippen molar-refractivity contribution in [1.29, 1.82) is 0 Å². The number of nitrogens with zero attached hydrogens (tertiary/aromatic N) is 4. The van der Waals surface area contributed by atoms with Crippen LogP contribution in [0.3, 0.4) is 0 Å². The molecule has 0 unspecified atom stereocenters. The van der Waals surface area contributed by atoms with Crippen LogP contribution >= 0.6 is 0 Å². The molecule has 1 aliphatic carbocycles. The Hall–Kier alpha value is -1.95. The van der Waals surface area contributed by atoms with Crippen molar-refractivity contribution in [3.05, 3.63) is 29.6 Å². The molecule has 3 aliphatic rings. The normalized spacial score (nSPS) is 24.1. The van der Waals surface area contributed by atoms with Gasteiger partial charge in [-0.25, -0.2) is 0 Å². The van der Waals surface area contributed by atoms with Gasteiger partial charge < -0.3 is 9.80 Å². The molecule has 0 aromatic carbocycles. The highest BCUT2D eigenvalue weighted by atomic mass is 16.2. The van der Waals surface area contributed by atoms with E-state index in [1.807, 2.05) is 22.1 Å². The van der Waals surface area contributed by atoms with E-state index in [4.69, 9.17) is 0 Å². The smallest absolute Gasteiger partial charge is 0.245 e. The molecule has 2 saturated heterocycles. The zero-order valence-corrected chi connectivity index (χ0v) is 16.3. The Morgan fingerprint density at radius 3 is 2.52 bits per heavy atom. The van der Waals surface area contributed by atoms with E-state index in [2.05, 4.69) is 22.9 Å². The molecule has 2 aliphatic heterocycles. The Kier molecular flexibility index (Phi) is 5.43. The lowest BCUT2D eigenvalue weighted by atomic mass is 9.99. The molecule has 0 N–H and O–H groups in total. The first-order valence-corrected chi connectivity index (χ1v) is 10.4. The molecule has 1 saturated carbocycles. The van der Waals surface area contributed by atoms with Crippen molar-refractivity contribution in [2.24, 2.45) is 5.92 Å². The maximum atomic E-state index is 13.1. The van der Waals surface area contributed by atoms with Crippen LogP contribution in [-0.2, 0) is 16.1 Å². The van der Waals surface area contributed by atoms with E-state index in [0.29, 0.717) is 0 Å². The summed E-state index contributed by atoms with van der Waals surface area (Å²) >= 11 is 0. The molecule has 2 amide bonds. The molecule has 3 fully saturated rings. The molecule has 1 atom stereocenters. The van der Waals surface area contributed by atoms with E-state index < -0.39 is 0 Å². The predicted molar refractivity (Wildman–Crippen MR) is 103 cm³/mol. The van der Waals surface area contributed by atoms with Crippen LogP contribution in [0.2, 0.25) is 0 Å². The van der Waals surface area contributed by atoms with Gasteiger partial charge in [0.25, 0.3) is 0 Å². The summed E-state index contributed by atoms with van der Waals surface area (Å²) in [6.45, 7) is 6.90. The van der Waals surface area contributed by atoms with Crippen molar-refractivity contribution >= 4 is 11.8 Å². The second kappa shape index (κ2) is 7.97. The minimum Gasteiger partial charge on any atom is -0.338 e. The van der Waals surface area contributed by atoms with E-state index in [1.54, 1.807) is 0 Å². The van der Waals surface area contributed by atoms with Gasteiger partial charge in [0.2, 0.25) is 11.8 Å². The number of carbonyl (C=O) groups is 2. The predicted octanol–water partition coefficient (Wildman–Crippen LogP) is 1.83. The lowest BCUT2D eigenvalue weighted by molar-refractivity contribution is -0.149. The van der Waals surface area contributed by atoms with Crippen LogP contribution in [0.5, 0.6) is 0 Å². The number of piperidine rings is 1. The van der Waals surface area contributed by atoms with Crippen LogP contribution in [0.4, 0.5) is 0 Å². The number of likely N-dealkylation sites (tertiary alicyclic amines) is 1. The van der Waals surface area contributed by atoms with Crippen molar-refractivity contribution in [2.45, 2.75) is 51.6 Å². The fourth-order valence-corrected chi connectivity index (χ4v) is 4.25. The lowest BCUT2D eigenvalue weighted by Gasteiger charge is -2.41. The maximum Gasteiger partial charge on any atom is 0.245 e. The van der Waals surface area contributed by atoms with Crippen LogP contribution in [0.25, 0.3) is 0 Å². The van der Waals surface area contributed by atoms with Gasteiger partial charge in [0.1, 0.15) is 6.04 Å². The van der Waals surface area contributed by atoms with Crippen LogP contribution in [-0.4, -0.2) is 70.3 Å². The average molecular weight is 370 g/mol. The minimum absolute atomic E-state index is 0.164. The molecule has 0 spiro atoms. The number of aryl methyl sites for hydroxylation is 1. The molecule has 6 heteroatoms. The summed E-state index contributed by atoms with van der Waals surface area (Å²) in [5, 5.41) is 0. The molecular weight excluding hydrogens is 340 g/mol. The highest BCUT2D eigenvalue weighted by Gasteiger charge is 2.41. The summed E-state index contributed by atoms with van der Waals surface area (Å²) in [4.78, 5) is 36.4. The first kappa shape index (κ1) is 18.4. The zero-order valence-electron chi connectivity index (χ0n) is 16.3.